The number of amides is 2. The summed E-state index contributed by atoms with van der Waals surface area (Å²) in [7, 11) is 1.44. The average molecular weight is 356 g/mol. The number of hydrogen-bond acceptors (Lipinski definition) is 4. The summed E-state index contributed by atoms with van der Waals surface area (Å²) in [5.41, 5.74) is -0.745. The van der Waals surface area contributed by atoms with E-state index in [4.69, 9.17) is 0 Å². The number of carbonyl (C=O) groups is 2. The van der Waals surface area contributed by atoms with Gasteiger partial charge in [-0.2, -0.15) is 13.2 Å². The zero-order chi connectivity index (χ0) is 18.4. The summed E-state index contributed by atoms with van der Waals surface area (Å²) < 4.78 is 38.8. The Morgan fingerprint density at radius 1 is 1.36 bits per heavy atom. The molecule has 0 aliphatic carbocycles. The number of piperazine rings is 1. The lowest BCUT2D eigenvalue weighted by Gasteiger charge is -2.46. The molecule has 1 aromatic rings. The van der Waals surface area contributed by atoms with Crippen LogP contribution in [0.1, 0.15) is 25.3 Å². The van der Waals surface area contributed by atoms with Crippen molar-refractivity contribution in [3.63, 3.8) is 0 Å². The molecule has 1 unspecified atom stereocenters. The van der Waals surface area contributed by atoms with Crippen molar-refractivity contribution >= 4 is 23.3 Å². The van der Waals surface area contributed by atoms with E-state index in [0.717, 1.165) is 18.7 Å². The molecule has 2 aliphatic rings. The third-order valence-corrected chi connectivity index (χ3v) is 4.62. The molecular formula is C16H19F3N4O2. The number of hydrogen-bond donors (Lipinski definition) is 0. The van der Waals surface area contributed by atoms with Crippen molar-refractivity contribution in [1.29, 1.82) is 0 Å². The van der Waals surface area contributed by atoms with Crippen LogP contribution in [0.5, 0.6) is 0 Å². The highest BCUT2D eigenvalue weighted by Crippen LogP contribution is 2.39. The zero-order valence-corrected chi connectivity index (χ0v) is 14.0. The first-order valence-electron chi connectivity index (χ1n) is 8.13. The number of anilines is 2. The van der Waals surface area contributed by atoms with Crippen molar-refractivity contribution in [1.82, 2.24) is 9.88 Å². The topological polar surface area (TPSA) is 56.8 Å². The summed E-state index contributed by atoms with van der Waals surface area (Å²) in [5.74, 6) is 0.00842. The maximum absolute atomic E-state index is 12.9. The highest BCUT2D eigenvalue weighted by atomic mass is 19.4. The van der Waals surface area contributed by atoms with Crippen LogP contribution < -0.4 is 9.80 Å². The SMILES string of the molecule is CCCC(=O)N1CCN2c3ncc(C(F)(F)F)cc3N(C)C(=O)C2C1. The second kappa shape index (κ2) is 6.20. The van der Waals surface area contributed by atoms with Crippen molar-refractivity contribution in [3.05, 3.63) is 17.8 Å². The van der Waals surface area contributed by atoms with Gasteiger partial charge in [-0.05, 0) is 12.5 Å². The Labute approximate surface area is 143 Å². The molecule has 0 bridgehead atoms. The number of nitrogens with zero attached hydrogens (tertiary/aromatic N) is 4. The number of fused-ring (bicyclic) bond motifs is 3. The highest BCUT2D eigenvalue weighted by molar-refractivity contribution is 6.05. The van der Waals surface area contributed by atoms with Crippen LogP contribution in [0.2, 0.25) is 0 Å². The second-order valence-electron chi connectivity index (χ2n) is 6.26. The molecule has 0 radical (unpaired) electrons. The fourth-order valence-corrected chi connectivity index (χ4v) is 3.26. The molecular weight excluding hydrogens is 337 g/mol. The van der Waals surface area contributed by atoms with E-state index in [9.17, 15) is 22.8 Å². The minimum Gasteiger partial charge on any atom is -0.339 e. The smallest absolute Gasteiger partial charge is 0.339 e. The van der Waals surface area contributed by atoms with E-state index in [1.54, 1.807) is 9.80 Å². The third-order valence-electron chi connectivity index (χ3n) is 4.62. The van der Waals surface area contributed by atoms with Crippen LogP contribution in [0.25, 0.3) is 0 Å². The van der Waals surface area contributed by atoms with Gasteiger partial charge in [-0.15, -0.1) is 0 Å². The van der Waals surface area contributed by atoms with Crippen molar-refractivity contribution in [2.24, 2.45) is 0 Å². The number of aromatic nitrogens is 1. The largest absolute Gasteiger partial charge is 0.417 e. The molecule has 136 valence electrons. The van der Waals surface area contributed by atoms with Crippen molar-refractivity contribution in [2.45, 2.75) is 32.0 Å². The molecule has 25 heavy (non-hydrogen) atoms. The van der Waals surface area contributed by atoms with Crippen LogP contribution in [-0.2, 0) is 15.8 Å². The van der Waals surface area contributed by atoms with E-state index in [1.807, 2.05) is 6.92 Å². The van der Waals surface area contributed by atoms with Crippen LogP contribution in [-0.4, -0.2) is 54.4 Å². The fraction of sp³-hybridized carbons (Fsp3) is 0.562. The number of carbonyl (C=O) groups excluding carboxylic acids is 2. The minimum absolute atomic E-state index is 0.0104. The van der Waals surface area contributed by atoms with Crippen molar-refractivity contribution < 1.29 is 22.8 Å². The third kappa shape index (κ3) is 3.03. The quantitative estimate of drug-likeness (QED) is 0.812. The summed E-state index contributed by atoms with van der Waals surface area (Å²) in [6.07, 6.45) is -2.59. The number of likely N-dealkylation sites (N-methyl/N-ethyl adjacent to an activating group) is 1. The van der Waals surface area contributed by atoms with E-state index in [0.29, 0.717) is 25.3 Å². The molecule has 2 amide bonds. The van der Waals surface area contributed by atoms with Gasteiger partial charge in [0.05, 0.1) is 17.8 Å². The summed E-state index contributed by atoms with van der Waals surface area (Å²) in [5, 5.41) is 0. The predicted molar refractivity (Wildman–Crippen MR) is 85.3 cm³/mol. The maximum Gasteiger partial charge on any atom is 0.417 e. The molecule has 0 spiro atoms. The van der Waals surface area contributed by atoms with E-state index < -0.39 is 17.8 Å². The van der Waals surface area contributed by atoms with Crippen LogP contribution in [0.4, 0.5) is 24.7 Å². The lowest BCUT2D eigenvalue weighted by atomic mass is 10.0. The Balaban J connectivity index is 1.92. The van der Waals surface area contributed by atoms with Gasteiger partial charge in [0.15, 0.2) is 5.82 Å². The van der Waals surface area contributed by atoms with Crippen molar-refractivity contribution in [2.75, 3.05) is 36.5 Å². The molecule has 1 fully saturated rings. The Bertz CT molecular complexity index is 707. The van der Waals surface area contributed by atoms with Gasteiger partial charge in [0.25, 0.3) is 5.91 Å². The molecule has 1 saturated heterocycles. The van der Waals surface area contributed by atoms with Gasteiger partial charge in [0.1, 0.15) is 6.04 Å². The first-order chi connectivity index (χ1) is 11.7. The number of alkyl halides is 3. The molecule has 3 heterocycles. The van der Waals surface area contributed by atoms with E-state index in [2.05, 4.69) is 4.98 Å². The number of rotatable bonds is 2. The summed E-state index contributed by atoms with van der Waals surface area (Å²) in [6.45, 7) is 2.93. The lowest BCUT2D eigenvalue weighted by molar-refractivity contribution is -0.138. The van der Waals surface area contributed by atoms with Gasteiger partial charge in [0, 0.05) is 32.8 Å². The zero-order valence-electron chi connectivity index (χ0n) is 14.0. The van der Waals surface area contributed by atoms with Gasteiger partial charge in [-0.25, -0.2) is 4.98 Å². The average Bonchev–Trinajstić information content (AvgIpc) is 2.58. The summed E-state index contributed by atoms with van der Waals surface area (Å²) in [4.78, 5) is 33.3. The van der Waals surface area contributed by atoms with E-state index in [-0.39, 0.29) is 24.0 Å². The molecule has 6 nitrogen and oxygen atoms in total. The van der Waals surface area contributed by atoms with Gasteiger partial charge >= 0.3 is 6.18 Å². The number of pyridine rings is 1. The number of halogens is 3. The van der Waals surface area contributed by atoms with Crippen LogP contribution in [0.3, 0.4) is 0 Å². The molecule has 9 heteroatoms. The van der Waals surface area contributed by atoms with Crippen LogP contribution in [0.15, 0.2) is 12.3 Å². The Kier molecular flexibility index (Phi) is 4.34. The molecule has 0 saturated carbocycles. The van der Waals surface area contributed by atoms with Gasteiger partial charge < -0.3 is 14.7 Å². The Morgan fingerprint density at radius 3 is 2.72 bits per heavy atom. The molecule has 3 rings (SSSR count). The molecule has 0 N–H and O–H groups in total. The lowest BCUT2D eigenvalue weighted by Crippen LogP contribution is -2.63. The molecule has 1 aromatic heterocycles. The van der Waals surface area contributed by atoms with E-state index >= 15 is 0 Å². The van der Waals surface area contributed by atoms with Crippen molar-refractivity contribution in [3.8, 4) is 0 Å². The van der Waals surface area contributed by atoms with Crippen LogP contribution in [0, 0.1) is 0 Å². The Morgan fingerprint density at radius 2 is 2.08 bits per heavy atom. The summed E-state index contributed by atoms with van der Waals surface area (Å²) >= 11 is 0. The standard InChI is InChI=1S/C16H19F3N4O2/c1-3-4-13(24)22-5-6-23-12(9-22)15(25)21(2)11-7-10(16(17,18)19)8-20-14(11)23/h7-8,12H,3-6,9H2,1-2H3. The Hall–Kier alpha value is -2.32. The molecule has 2 aliphatic heterocycles. The van der Waals surface area contributed by atoms with Gasteiger partial charge in [0.2, 0.25) is 5.91 Å². The van der Waals surface area contributed by atoms with Gasteiger partial charge in [-0.1, -0.05) is 6.92 Å². The molecule has 1 atom stereocenters. The molecule has 0 aromatic carbocycles. The first-order valence-corrected chi connectivity index (χ1v) is 8.13. The second-order valence-corrected chi connectivity index (χ2v) is 6.26. The normalized spacial score (nSPS) is 20.4. The monoisotopic (exact) mass is 356 g/mol. The van der Waals surface area contributed by atoms with Crippen LogP contribution >= 0.6 is 0 Å². The maximum atomic E-state index is 12.9. The highest BCUT2D eigenvalue weighted by Gasteiger charge is 2.43. The van der Waals surface area contributed by atoms with Gasteiger partial charge in [-0.3, -0.25) is 9.59 Å². The fourth-order valence-electron chi connectivity index (χ4n) is 3.26. The minimum atomic E-state index is -4.52. The summed E-state index contributed by atoms with van der Waals surface area (Å²) in [6, 6.07) is 0.335. The first kappa shape index (κ1) is 17.5. The van der Waals surface area contributed by atoms with E-state index in [1.165, 1.54) is 11.9 Å². The predicted octanol–water partition coefficient (Wildman–Crippen LogP) is 1.89.